The Morgan fingerprint density at radius 1 is 1.22 bits per heavy atom. The van der Waals surface area contributed by atoms with Crippen molar-refractivity contribution >= 4 is 5.91 Å². The highest BCUT2D eigenvalue weighted by Crippen LogP contribution is 2.36. The second kappa shape index (κ2) is 11.9. The Hall–Kier alpha value is -3.87. The normalized spacial score (nSPS) is 19.3. The summed E-state index contributed by atoms with van der Waals surface area (Å²) in [5, 5.41) is 9.42. The van der Waals surface area contributed by atoms with Gasteiger partial charge in [0.1, 0.15) is 17.4 Å². The molecule has 0 N–H and O–H groups in total. The maximum Gasteiger partial charge on any atom is 0.254 e. The molecule has 4 heterocycles. The van der Waals surface area contributed by atoms with Crippen molar-refractivity contribution in [2.45, 2.75) is 58.7 Å². The molecule has 2 aliphatic rings. The fraction of sp³-hybridized carbons (Fsp3) is 0.438. The van der Waals surface area contributed by atoms with Crippen LogP contribution in [0.4, 0.5) is 4.39 Å². The molecular weight excluding hydrogens is 521 g/mol. The van der Waals surface area contributed by atoms with Gasteiger partial charge >= 0.3 is 0 Å². The van der Waals surface area contributed by atoms with Gasteiger partial charge in [0.15, 0.2) is 0 Å². The lowest BCUT2D eigenvalue weighted by atomic mass is 9.86. The first-order valence-electron chi connectivity index (χ1n) is 14.2. The van der Waals surface area contributed by atoms with E-state index in [0.29, 0.717) is 53.9 Å². The number of hydrogen-bond acceptors (Lipinski definition) is 7. The molecule has 3 aromatic rings. The van der Waals surface area contributed by atoms with Crippen molar-refractivity contribution in [3.63, 3.8) is 0 Å². The Balaban J connectivity index is 1.49. The smallest absolute Gasteiger partial charge is 0.254 e. The molecule has 1 aromatic carbocycles. The van der Waals surface area contributed by atoms with Crippen molar-refractivity contribution in [2.75, 3.05) is 33.4 Å². The van der Waals surface area contributed by atoms with E-state index in [1.54, 1.807) is 26.2 Å². The first-order chi connectivity index (χ1) is 19.7. The number of methoxy groups -OCH3 is 1. The molecule has 9 heteroatoms. The summed E-state index contributed by atoms with van der Waals surface area (Å²) in [4.78, 5) is 26.9. The third kappa shape index (κ3) is 5.54. The van der Waals surface area contributed by atoms with E-state index in [9.17, 15) is 14.4 Å². The Labute approximate surface area is 240 Å². The molecule has 2 aliphatic heterocycles. The largest absolute Gasteiger partial charge is 0.492 e. The lowest BCUT2D eigenvalue weighted by Gasteiger charge is -2.45. The van der Waals surface area contributed by atoms with Crippen LogP contribution in [-0.2, 0) is 17.6 Å². The van der Waals surface area contributed by atoms with Crippen molar-refractivity contribution in [1.29, 1.82) is 5.26 Å². The number of nitrogens with zero attached hydrogens (tertiary/aromatic N) is 5. The van der Waals surface area contributed by atoms with E-state index in [2.05, 4.69) is 33.9 Å². The highest BCUT2D eigenvalue weighted by atomic mass is 19.1. The summed E-state index contributed by atoms with van der Waals surface area (Å²) in [6.45, 7) is 10.4. The zero-order chi connectivity index (χ0) is 29.3. The molecule has 41 heavy (non-hydrogen) atoms. The topological polar surface area (TPSA) is 91.6 Å². The number of rotatable bonds is 9. The molecular formula is C32H36FN5O3. The summed E-state index contributed by atoms with van der Waals surface area (Å²) >= 11 is 0. The van der Waals surface area contributed by atoms with Crippen LogP contribution in [0.2, 0.25) is 0 Å². The van der Waals surface area contributed by atoms with Crippen molar-refractivity contribution in [3.05, 3.63) is 76.1 Å². The maximum atomic E-state index is 14.1. The van der Waals surface area contributed by atoms with E-state index >= 15 is 0 Å². The van der Waals surface area contributed by atoms with Crippen molar-refractivity contribution in [1.82, 2.24) is 19.8 Å². The van der Waals surface area contributed by atoms with Crippen LogP contribution >= 0.6 is 0 Å². The second-order valence-electron chi connectivity index (χ2n) is 10.8. The van der Waals surface area contributed by atoms with Crippen LogP contribution in [0.15, 0.2) is 36.5 Å². The van der Waals surface area contributed by atoms with Gasteiger partial charge < -0.3 is 14.4 Å². The van der Waals surface area contributed by atoms with Gasteiger partial charge in [-0.15, -0.1) is 0 Å². The molecule has 1 saturated heterocycles. The Morgan fingerprint density at radius 3 is 2.68 bits per heavy atom. The Morgan fingerprint density at radius 2 is 2.00 bits per heavy atom. The molecule has 0 unspecified atom stereocenters. The Kier molecular flexibility index (Phi) is 8.34. The van der Waals surface area contributed by atoms with Gasteiger partial charge in [-0.05, 0) is 75.4 Å². The van der Waals surface area contributed by atoms with Crippen LogP contribution in [0.25, 0.3) is 11.1 Å². The minimum absolute atomic E-state index is 0.0736. The molecule has 8 nitrogen and oxygen atoms in total. The molecule has 0 spiro atoms. The number of amides is 1. The third-order valence-electron chi connectivity index (χ3n) is 8.47. The number of halogens is 1. The monoisotopic (exact) mass is 557 g/mol. The van der Waals surface area contributed by atoms with Gasteiger partial charge in [0.25, 0.3) is 5.91 Å². The fourth-order valence-corrected chi connectivity index (χ4v) is 5.93. The quantitative estimate of drug-likeness (QED) is 0.346. The third-order valence-corrected chi connectivity index (χ3v) is 8.47. The number of carbonyl (C=O) groups excluding carboxylic acids is 1. The molecule has 0 bridgehead atoms. The number of pyridine rings is 2. The van der Waals surface area contributed by atoms with Crippen LogP contribution in [0, 0.1) is 24.2 Å². The molecule has 3 atom stereocenters. The average molecular weight is 558 g/mol. The predicted octanol–water partition coefficient (Wildman–Crippen LogP) is 4.88. The summed E-state index contributed by atoms with van der Waals surface area (Å²) in [6, 6.07) is 11.2. The van der Waals surface area contributed by atoms with Gasteiger partial charge in [-0.1, -0.05) is 6.07 Å². The predicted molar refractivity (Wildman–Crippen MR) is 153 cm³/mol. The molecule has 1 fully saturated rings. The molecule has 2 aromatic heterocycles. The summed E-state index contributed by atoms with van der Waals surface area (Å²) < 4.78 is 25.1. The lowest BCUT2D eigenvalue weighted by molar-refractivity contribution is -0.0758. The number of carbonyl (C=O) groups is 1. The lowest BCUT2D eigenvalue weighted by Crippen LogP contribution is -2.59. The molecule has 0 radical (unpaired) electrons. The van der Waals surface area contributed by atoms with E-state index in [1.165, 1.54) is 12.3 Å². The van der Waals surface area contributed by atoms with Gasteiger partial charge in [-0.2, -0.15) is 9.65 Å². The van der Waals surface area contributed by atoms with E-state index in [1.807, 2.05) is 24.8 Å². The summed E-state index contributed by atoms with van der Waals surface area (Å²) in [5.74, 6) is -0.125. The number of likely N-dealkylation sites (tertiary alicyclic amines) is 1. The van der Waals surface area contributed by atoms with E-state index in [4.69, 9.17) is 9.47 Å². The first kappa shape index (κ1) is 28.7. The molecule has 214 valence electrons. The Bertz CT molecular complexity index is 1500. The maximum absolute atomic E-state index is 14.1. The van der Waals surface area contributed by atoms with Crippen LogP contribution < -0.4 is 4.74 Å². The zero-order valence-electron chi connectivity index (χ0n) is 24.3. The number of nitriles is 1. The van der Waals surface area contributed by atoms with Crippen LogP contribution in [-0.4, -0.2) is 71.2 Å². The minimum atomic E-state index is -0.520. The fourth-order valence-electron chi connectivity index (χ4n) is 5.93. The van der Waals surface area contributed by atoms with E-state index < -0.39 is 5.95 Å². The van der Waals surface area contributed by atoms with Gasteiger partial charge in [-0.3, -0.25) is 14.7 Å². The number of aromatic nitrogens is 2. The van der Waals surface area contributed by atoms with Crippen LogP contribution in [0.3, 0.4) is 0 Å². The van der Waals surface area contributed by atoms with Crippen LogP contribution in [0.5, 0.6) is 5.75 Å². The van der Waals surface area contributed by atoms with Crippen molar-refractivity contribution in [3.8, 4) is 22.9 Å². The minimum Gasteiger partial charge on any atom is -0.492 e. The van der Waals surface area contributed by atoms with Crippen LogP contribution in [0.1, 0.15) is 65.2 Å². The molecule has 0 aliphatic carbocycles. The van der Waals surface area contributed by atoms with Gasteiger partial charge in [-0.25, -0.2) is 4.98 Å². The number of benzene rings is 1. The number of aryl methyl sites for hydroxylation is 1. The van der Waals surface area contributed by atoms with Gasteiger partial charge in [0.05, 0.1) is 24.4 Å². The summed E-state index contributed by atoms with van der Waals surface area (Å²) in [6.07, 6.45) is 3.17. The van der Waals surface area contributed by atoms with Crippen molar-refractivity contribution < 1.29 is 18.7 Å². The van der Waals surface area contributed by atoms with Gasteiger partial charge in [0.2, 0.25) is 5.95 Å². The van der Waals surface area contributed by atoms with Gasteiger partial charge in [0, 0.05) is 61.9 Å². The molecule has 5 rings (SSSR count). The average Bonchev–Trinajstić information content (AvgIpc) is 2.96. The number of hydrogen-bond donors (Lipinski definition) is 0. The standard InChI is InChI=1S/C32H36FN5O3/c1-6-41-29-15-28(35-17-23(29)16-34)20(3)38-12-10-25-26(24-7-8-31(33)36-19(24)2)13-22(14-27(25)32(38)39)9-11-37-18-30(40-5)21(37)4/h7-8,13-15,17,20-21,30H,6,9-12,18H2,1-5H3/t20-,21+,30+/m0/s1. The summed E-state index contributed by atoms with van der Waals surface area (Å²) in [5.41, 5.74) is 6.06. The molecule has 1 amide bonds. The first-order valence-corrected chi connectivity index (χ1v) is 14.2. The van der Waals surface area contributed by atoms with E-state index in [-0.39, 0.29) is 18.1 Å². The number of fused-ring (bicyclic) bond motifs is 1. The zero-order valence-corrected chi connectivity index (χ0v) is 24.3. The van der Waals surface area contributed by atoms with Crippen molar-refractivity contribution in [2.24, 2.45) is 0 Å². The SMILES string of the molecule is CCOc1cc([C@H](C)N2CCc3c(cc(CCN4C[C@@H](OC)[C@H]4C)cc3-c3ccc(F)nc3C)C2=O)ncc1C#N. The van der Waals surface area contributed by atoms with E-state index in [0.717, 1.165) is 41.8 Å². The highest BCUT2D eigenvalue weighted by molar-refractivity contribution is 5.99. The molecule has 0 saturated carbocycles. The highest BCUT2D eigenvalue weighted by Gasteiger charge is 2.35. The summed E-state index contributed by atoms with van der Waals surface area (Å²) in [7, 11) is 1.75. The second-order valence-corrected chi connectivity index (χ2v) is 10.8. The number of ether oxygens (including phenoxy) is 2.